The van der Waals surface area contributed by atoms with Crippen molar-refractivity contribution in [2.75, 3.05) is 13.2 Å². The largest absolute Gasteiger partial charge is 0.462 e. The number of dihydropyridines is 1. The number of rotatable bonds is 6. The fourth-order valence-corrected chi connectivity index (χ4v) is 3.40. The molecular weight excluding hydrogens is 408 g/mol. The van der Waals surface area contributed by atoms with Gasteiger partial charge in [-0.25, -0.2) is 9.59 Å². The van der Waals surface area contributed by atoms with E-state index >= 15 is 0 Å². The van der Waals surface area contributed by atoms with Crippen LogP contribution in [0, 0.1) is 10.1 Å². The molecule has 0 saturated heterocycles. The molecule has 1 aliphatic heterocycles. The zero-order chi connectivity index (χ0) is 21.8. The minimum Gasteiger partial charge on any atom is -0.462 e. The van der Waals surface area contributed by atoms with E-state index in [-0.39, 0.29) is 18.8 Å². The van der Waals surface area contributed by atoms with Crippen LogP contribution in [-0.4, -0.2) is 53.6 Å². The quantitative estimate of drug-likeness (QED) is 0.304. The van der Waals surface area contributed by atoms with Crippen molar-refractivity contribution in [3.05, 3.63) is 57.7 Å². The molecule has 2 atom stereocenters. The zero-order valence-electron chi connectivity index (χ0n) is 15.5. The van der Waals surface area contributed by atoms with Gasteiger partial charge in [0.15, 0.2) is 11.1 Å². The molecule has 0 amide bonds. The first-order chi connectivity index (χ1) is 13.6. The number of esters is 2. The second-order valence-corrected chi connectivity index (χ2v) is 7.15. The van der Waals surface area contributed by atoms with E-state index in [2.05, 4.69) is 4.99 Å². The van der Waals surface area contributed by atoms with Crippen LogP contribution in [0.4, 0.5) is 0 Å². The highest BCUT2D eigenvalue weighted by Crippen LogP contribution is 2.43. The highest BCUT2D eigenvalue weighted by molar-refractivity contribution is 8.02. The van der Waals surface area contributed by atoms with E-state index in [1.165, 1.54) is 38.1 Å². The zero-order valence-corrected chi connectivity index (χ0v) is 16.3. The van der Waals surface area contributed by atoms with Crippen molar-refractivity contribution in [3.63, 3.8) is 0 Å². The SMILES string of the molecule is CCOC(=O)C1=CC(S(=O)(=O)O)=NC(c2ccccc2)C1(C(=O)OCC)[N+](=O)[O-]. The maximum atomic E-state index is 12.8. The third-order valence-corrected chi connectivity index (χ3v) is 4.83. The Kier molecular flexibility index (Phi) is 6.49. The first kappa shape index (κ1) is 22.2. The van der Waals surface area contributed by atoms with Crippen molar-refractivity contribution in [2.45, 2.75) is 25.4 Å². The lowest BCUT2D eigenvalue weighted by Gasteiger charge is -2.32. The number of hydrogen-bond donors (Lipinski definition) is 1. The highest BCUT2D eigenvalue weighted by Gasteiger charge is 2.67. The summed E-state index contributed by atoms with van der Waals surface area (Å²) in [5.41, 5.74) is -3.79. The van der Waals surface area contributed by atoms with E-state index in [1.54, 1.807) is 6.07 Å². The monoisotopic (exact) mass is 426 g/mol. The van der Waals surface area contributed by atoms with Crippen molar-refractivity contribution >= 4 is 27.1 Å². The summed E-state index contributed by atoms with van der Waals surface area (Å²) < 4.78 is 42.5. The fraction of sp³-hybridized carbons (Fsp3) is 0.353. The van der Waals surface area contributed by atoms with E-state index in [9.17, 15) is 32.7 Å². The summed E-state index contributed by atoms with van der Waals surface area (Å²) in [5, 5.41) is 11.2. The molecule has 0 saturated carbocycles. The van der Waals surface area contributed by atoms with Gasteiger partial charge in [-0.1, -0.05) is 30.3 Å². The standard InChI is InChI=1S/C17H18N2O9S/c1-3-27-15(20)12-10-13(29(24,25)26)18-14(11-8-6-5-7-9-11)17(12,19(22)23)16(21)28-4-2/h5-10,14H,3-4H2,1-2H3,(H,24,25,26). The van der Waals surface area contributed by atoms with Crippen LogP contribution in [0.2, 0.25) is 0 Å². The smallest absolute Gasteiger partial charge is 0.392 e. The molecule has 156 valence electrons. The molecule has 0 aromatic heterocycles. The van der Waals surface area contributed by atoms with E-state index < -0.39 is 49.2 Å². The molecule has 1 aliphatic rings. The van der Waals surface area contributed by atoms with Gasteiger partial charge in [-0.15, -0.1) is 0 Å². The number of ether oxygens (including phenoxy) is 2. The van der Waals surface area contributed by atoms with Crippen LogP contribution in [0.25, 0.3) is 0 Å². The highest BCUT2D eigenvalue weighted by atomic mass is 32.2. The molecule has 29 heavy (non-hydrogen) atoms. The lowest BCUT2D eigenvalue weighted by atomic mass is 9.77. The summed E-state index contributed by atoms with van der Waals surface area (Å²) >= 11 is 0. The summed E-state index contributed by atoms with van der Waals surface area (Å²) in [6.45, 7) is 2.38. The summed E-state index contributed by atoms with van der Waals surface area (Å²) in [4.78, 5) is 40.3. The van der Waals surface area contributed by atoms with Gasteiger partial charge in [0.25, 0.3) is 0 Å². The number of carbonyl (C=O) groups is 2. The molecule has 1 aromatic carbocycles. The molecule has 11 nitrogen and oxygen atoms in total. The first-order valence-corrected chi connectivity index (χ1v) is 9.85. The van der Waals surface area contributed by atoms with Crippen LogP contribution in [-0.2, 0) is 29.2 Å². The maximum Gasteiger partial charge on any atom is 0.392 e. The number of nitrogens with zero attached hydrogens (tertiary/aromatic N) is 2. The molecule has 1 N–H and O–H groups in total. The molecule has 0 aliphatic carbocycles. The average Bonchev–Trinajstić information content (AvgIpc) is 2.66. The van der Waals surface area contributed by atoms with Gasteiger partial charge in [-0.3, -0.25) is 19.7 Å². The van der Waals surface area contributed by atoms with Gasteiger partial charge in [0, 0.05) is 4.92 Å². The normalized spacial score (nSPS) is 21.6. The molecule has 0 spiro atoms. The summed E-state index contributed by atoms with van der Waals surface area (Å²) in [6.07, 6.45) is 0.465. The Labute approximate surface area is 165 Å². The lowest BCUT2D eigenvalue weighted by Crippen LogP contribution is -2.57. The van der Waals surface area contributed by atoms with Crippen molar-refractivity contribution in [3.8, 4) is 0 Å². The lowest BCUT2D eigenvalue weighted by molar-refractivity contribution is -0.548. The van der Waals surface area contributed by atoms with Gasteiger partial charge >= 0.3 is 27.6 Å². The van der Waals surface area contributed by atoms with Gasteiger partial charge in [-0.2, -0.15) is 8.42 Å². The van der Waals surface area contributed by atoms with Crippen molar-refractivity contribution < 1.29 is 37.0 Å². The third kappa shape index (κ3) is 4.03. The van der Waals surface area contributed by atoms with Gasteiger partial charge in [0.05, 0.1) is 13.2 Å². The molecule has 1 heterocycles. The van der Waals surface area contributed by atoms with Gasteiger partial charge in [0.2, 0.25) is 0 Å². The predicted octanol–water partition coefficient (Wildman–Crippen LogP) is 1.10. The number of aliphatic imine (C=N–C) groups is 1. The Morgan fingerprint density at radius 3 is 2.28 bits per heavy atom. The van der Waals surface area contributed by atoms with Gasteiger partial charge in [0.1, 0.15) is 5.57 Å². The van der Waals surface area contributed by atoms with Crippen molar-refractivity contribution in [1.82, 2.24) is 0 Å². The number of benzene rings is 1. The Hall–Kier alpha value is -3.12. The predicted molar refractivity (Wildman–Crippen MR) is 99.2 cm³/mol. The second kappa shape index (κ2) is 8.49. The Bertz CT molecular complexity index is 985. The Balaban J connectivity index is 2.93. The molecular formula is C17H18N2O9S. The molecule has 2 unspecified atom stereocenters. The van der Waals surface area contributed by atoms with Gasteiger partial charge < -0.3 is 9.47 Å². The van der Waals surface area contributed by atoms with E-state index in [0.29, 0.717) is 6.08 Å². The molecule has 0 bridgehead atoms. The van der Waals surface area contributed by atoms with Crippen molar-refractivity contribution in [1.29, 1.82) is 0 Å². The summed E-state index contributed by atoms with van der Waals surface area (Å²) in [5.74, 6) is -2.73. The van der Waals surface area contributed by atoms with Crippen molar-refractivity contribution in [2.24, 2.45) is 4.99 Å². The minimum absolute atomic E-state index is 0.0494. The molecule has 2 rings (SSSR count). The third-order valence-electron chi connectivity index (χ3n) is 4.08. The number of carbonyl (C=O) groups excluding carboxylic acids is 2. The molecule has 0 fully saturated rings. The fourth-order valence-electron chi connectivity index (χ4n) is 2.89. The van der Waals surface area contributed by atoms with E-state index in [4.69, 9.17) is 9.47 Å². The van der Waals surface area contributed by atoms with Crippen LogP contribution < -0.4 is 0 Å². The molecule has 1 aromatic rings. The van der Waals surface area contributed by atoms with Gasteiger partial charge in [-0.05, 0) is 25.5 Å². The maximum absolute atomic E-state index is 12.8. The van der Waals surface area contributed by atoms with Crippen LogP contribution in [0.5, 0.6) is 0 Å². The van der Waals surface area contributed by atoms with E-state index in [1.807, 2.05) is 0 Å². The topological polar surface area (TPSA) is 162 Å². The Morgan fingerprint density at radius 1 is 1.21 bits per heavy atom. The first-order valence-electron chi connectivity index (χ1n) is 8.41. The molecule has 0 radical (unpaired) electrons. The van der Waals surface area contributed by atoms with Crippen LogP contribution >= 0.6 is 0 Å². The summed E-state index contributed by atoms with van der Waals surface area (Å²) in [6, 6.07) is 5.45. The average molecular weight is 426 g/mol. The van der Waals surface area contributed by atoms with Crippen LogP contribution in [0.15, 0.2) is 47.0 Å². The second-order valence-electron chi connectivity index (χ2n) is 5.78. The summed E-state index contributed by atoms with van der Waals surface area (Å²) in [7, 11) is -4.97. The Morgan fingerprint density at radius 2 is 1.79 bits per heavy atom. The molecule has 12 heteroatoms. The van der Waals surface area contributed by atoms with E-state index in [0.717, 1.165) is 0 Å². The van der Waals surface area contributed by atoms with Crippen LogP contribution in [0.1, 0.15) is 25.5 Å². The minimum atomic E-state index is -4.97. The number of hydrogen-bond acceptors (Lipinski definition) is 9. The number of nitro groups is 1. The van der Waals surface area contributed by atoms with Crippen LogP contribution in [0.3, 0.4) is 0 Å².